The first kappa shape index (κ1) is 8.26. The standard InChI is InChI=1S/C9H7ClN2O/c1-6-11-9(13-12-6)7-3-2-4-8(10)5-7/h2-5H,1H3. The van der Waals surface area contributed by atoms with Crippen LogP contribution in [0.15, 0.2) is 28.8 Å². The van der Waals surface area contributed by atoms with E-state index in [1.165, 1.54) is 0 Å². The van der Waals surface area contributed by atoms with Gasteiger partial charge in [-0.15, -0.1) is 0 Å². The van der Waals surface area contributed by atoms with E-state index in [1.54, 1.807) is 19.1 Å². The molecule has 2 rings (SSSR count). The lowest BCUT2D eigenvalue weighted by atomic mass is 10.2. The van der Waals surface area contributed by atoms with Crippen LogP contribution >= 0.6 is 11.6 Å². The predicted molar refractivity (Wildman–Crippen MR) is 49.5 cm³/mol. The van der Waals surface area contributed by atoms with Crippen LogP contribution in [0, 0.1) is 6.92 Å². The van der Waals surface area contributed by atoms with Gasteiger partial charge < -0.3 is 4.52 Å². The summed E-state index contributed by atoms with van der Waals surface area (Å²) >= 11 is 5.81. The molecule has 0 saturated carbocycles. The highest BCUT2D eigenvalue weighted by Gasteiger charge is 2.05. The summed E-state index contributed by atoms with van der Waals surface area (Å²) in [5.74, 6) is 1.12. The lowest BCUT2D eigenvalue weighted by Crippen LogP contribution is -1.77. The van der Waals surface area contributed by atoms with Crippen LogP contribution in [0.5, 0.6) is 0 Å². The summed E-state index contributed by atoms with van der Waals surface area (Å²) in [6.07, 6.45) is 0. The van der Waals surface area contributed by atoms with Crippen LogP contribution < -0.4 is 0 Å². The number of aromatic nitrogens is 2. The zero-order valence-electron chi connectivity index (χ0n) is 6.99. The summed E-state index contributed by atoms with van der Waals surface area (Å²) in [5.41, 5.74) is 0.841. The Balaban J connectivity index is 2.46. The maximum atomic E-state index is 5.81. The van der Waals surface area contributed by atoms with Crippen molar-refractivity contribution >= 4 is 11.6 Å². The Hall–Kier alpha value is -1.35. The fourth-order valence-corrected chi connectivity index (χ4v) is 1.23. The normalized spacial score (nSPS) is 10.3. The van der Waals surface area contributed by atoms with Gasteiger partial charge in [-0.2, -0.15) is 4.98 Å². The van der Waals surface area contributed by atoms with E-state index >= 15 is 0 Å². The molecule has 1 heterocycles. The summed E-state index contributed by atoms with van der Waals surface area (Å²) in [5, 5.41) is 4.35. The largest absolute Gasteiger partial charge is 0.334 e. The summed E-state index contributed by atoms with van der Waals surface area (Å²) < 4.78 is 4.99. The van der Waals surface area contributed by atoms with Gasteiger partial charge in [-0.25, -0.2) is 0 Å². The van der Waals surface area contributed by atoms with Gasteiger partial charge in [-0.1, -0.05) is 22.8 Å². The van der Waals surface area contributed by atoms with Crippen molar-refractivity contribution in [3.8, 4) is 11.5 Å². The Morgan fingerprint density at radius 2 is 2.23 bits per heavy atom. The van der Waals surface area contributed by atoms with E-state index in [9.17, 15) is 0 Å². The van der Waals surface area contributed by atoms with Gasteiger partial charge in [-0.05, 0) is 25.1 Å². The first-order valence-corrected chi connectivity index (χ1v) is 4.20. The summed E-state index contributed by atoms with van der Waals surface area (Å²) in [7, 11) is 0. The molecule has 0 aliphatic rings. The van der Waals surface area contributed by atoms with Gasteiger partial charge in [0.1, 0.15) is 0 Å². The predicted octanol–water partition coefficient (Wildman–Crippen LogP) is 2.70. The third kappa shape index (κ3) is 1.70. The second kappa shape index (κ2) is 3.18. The average Bonchev–Trinajstić information content (AvgIpc) is 2.52. The molecular weight excluding hydrogens is 188 g/mol. The van der Waals surface area contributed by atoms with Gasteiger partial charge in [0, 0.05) is 10.6 Å². The molecule has 4 heteroatoms. The van der Waals surface area contributed by atoms with Crippen molar-refractivity contribution in [3.05, 3.63) is 35.1 Å². The minimum atomic E-state index is 0.500. The van der Waals surface area contributed by atoms with Crippen LogP contribution in [-0.2, 0) is 0 Å². The Morgan fingerprint density at radius 1 is 1.38 bits per heavy atom. The minimum absolute atomic E-state index is 0.500. The van der Waals surface area contributed by atoms with Crippen LogP contribution in [0.2, 0.25) is 5.02 Å². The van der Waals surface area contributed by atoms with Gasteiger partial charge in [0.25, 0.3) is 5.89 Å². The second-order valence-corrected chi connectivity index (χ2v) is 3.09. The number of benzene rings is 1. The van der Waals surface area contributed by atoms with Crippen molar-refractivity contribution in [2.75, 3.05) is 0 Å². The fraction of sp³-hybridized carbons (Fsp3) is 0.111. The lowest BCUT2D eigenvalue weighted by molar-refractivity contribution is 0.425. The van der Waals surface area contributed by atoms with Crippen LogP contribution in [0.3, 0.4) is 0 Å². The molecular formula is C9H7ClN2O. The first-order valence-electron chi connectivity index (χ1n) is 3.82. The van der Waals surface area contributed by atoms with E-state index in [2.05, 4.69) is 10.1 Å². The Bertz CT molecular complexity index is 425. The Kier molecular flexibility index (Phi) is 2.02. The van der Waals surface area contributed by atoms with Crippen LogP contribution in [0.25, 0.3) is 11.5 Å². The molecule has 66 valence electrons. The van der Waals surface area contributed by atoms with Crippen molar-refractivity contribution in [1.82, 2.24) is 10.1 Å². The van der Waals surface area contributed by atoms with E-state index in [0.29, 0.717) is 16.7 Å². The molecule has 0 aliphatic heterocycles. The van der Waals surface area contributed by atoms with Gasteiger partial charge in [-0.3, -0.25) is 0 Å². The molecule has 0 fully saturated rings. The van der Waals surface area contributed by atoms with E-state index < -0.39 is 0 Å². The Labute approximate surface area is 80.3 Å². The van der Waals surface area contributed by atoms with Gasteiger partial charge in [0.2, 0.25) is 0 Å². The SMILES string of the molecule is Cc1noc(-c2cccc(Cl)c2)n1. The van der Waals surface area contributed by atoms with Crippen molar-refractivity contribution in [2.24, 2.45) is 0 Å². The molecule has 0 aliphatic carbocycles. The Morgan fingerprint density at radius 3 is 2.85 bits per heavy atom. The van der Waals surface area contributed by atoms with Gasteiger partial charge in [0.15, 0.2) is 5.82 Å². The molecule has 0 unspecified atom stereocenters. The van der Waals surface area contributed by atoms with E-state index in [1.807, 2.05) is 12.1 Å². The molecule has 1 aromatic carbocycles. The van der Waals surface area contributed by atoms with Crippen molar-refractivity contribution in [3.63, 3.8) is 0 Å². The lowest BCUT2D eigenvalue weighted by Gasteiger charge is -1.93. The highest BCUT2D eigenvalue weighted by molar-refractivity contribution is 6.30. The van der Waals surface area contributed by atoms with Crippen LogP contribution in [-0.4, -0.2) is 10.1 Å². The minimum Gasteiger partial charge on any atom is -0.334 e. The van der Waals surface area contributed by atoms with E-state index in [0.717, 1.165) is 5.56 Å². The molecule has 2 aromatic rings. The third-order valence-electron chi connectivity index (χ3n) is 1.60. The quantitative estimate of drug-likeness (QED) is 0.701. The molecule has 3 nitrogen and oxygen atoms in total. The molecule has 0 amide bonds. The summed E-state index contributed by atoms with van der Waals surface area (Å²) in [6.45, 7) is 1.78. The van der Waals surface area contributed by atoms with Gasteiger partial charge >= 0.3 is 0 Å². The molecule has 0 bridgehead atoms. The molecule has 13 heavy (non-hydrogen) atoms. The number of rotatable bonds is 1. The molecule has 0 radical (unpaired) electrons. The number of hydrogen-bond donors (Lipinski definition) is 0. The molecule has 0 N–H and O–H groups in total. The van der Waals surface area contributed by atoms with Crippen molar-refractivity contribution in [1.29, 1.82) is 0 Å². The van der Waals surface area contributed by atoms with Crippen molar-refractivity contribution < 1.29 is 4.52 Å². The van der Waals surface area contributed by atoms with Crippen molar-refractivity contribution in [2.45, 2.75) is 6.92 Å². The number of nitrogens with zero attached hydrogens (tertiary/aromatic N) is 2. The number of hydrogen-bond acceptors (Lipinski definition) is 3. The highest BCUT2D eigenvalue weighted by Crippen LogP contribution is 2.20. The number of halogens is 1. The summed E-state index contributed by atoms with van der Waals surface area (Å²) in [4.78, 5) is 4.09. The highest BCUT2D eigenvalue weighted by atomic mass is 35.5. The average molecular weight is 195 g/mol. The smallest absolute Gasteiger partial charge is 0.257 e. The third-order valence-corrected chi connectivity index (χ3v) is 1.83. The molecule has 1 aromatic heterocycles. The maximum Gasteiger partial charge on any atom is 0.257 e. The van der Waals surface area contributed by atoms with Crippen LogP contribution in [0.1, 0.15) is 5.82 Å². The first-order chi connectivity index (χ1) is 6.25. The fourth-order valence-electron chi connectivity index (χ4n) is 1.04. The second-order valence-electron chi connectivity index (χ2n) is 2.66. The monoisotopic (exact) mass is 194 g/mol. The van der Waals surface area contributed by atoms with Gasteiger partial charge in [0.05, 0.1) is 0 Å². The maximum absolute atomic E-state index is 5.81. The zero-order chi connectivity index (χ0) is 9.26. The summed E-state index contributed by atoms with van der Waals surface area (Å²) in [6, 6.07) is 7.30. The molecule has 0 spiro atoms. The molecule has 0 atom stereocenters. The van der Waals surface area contributed by atoms with E-state index in [4.69, 9.17) is 16.1 Å². The topological polar surface area (TPSA) is 38.9 Å². The zero-order valence-corrected chi connectivity index (χ0v) is 7.75. The van der Waals surface area contributed by atoms with Crippen LogP contribution in [0.4, 0.5) is 0 Å². The number of aryl methyl sites for hydroxylation is 1. The van der Waals surface area contributed by atoms with E-state index in [-0.39, 0.29) is 0 Å². The molecule has 0 saturated heterocycles.